The molecule has 0 aliphatic rings. The Morgan fingerprint density at radius 3 is 2.86 bits per heavy atom. The van der Waals surface area contributed by atoms with Crippen LogP contribution in [-0.4, -0.2) is 10.9 Å². The average Bonchev–Trinajstić information content (AvgIpc) is 2.84. The van der Waals surface area contributed by atoms with E-state index in [0.717, 1.165) is 10.9 Å². The molecule has 0 saturated carbocycles. The van der Waals surface area contributed by atoms with Gasteiger partial charge in [0.2, 0.25) is 0 Å². The largest absolute Gasteiger partial charge is 0.350 e. The molecule has 3 rings (SSSR count). The minimum absolute atomic E-state index is 0.329. The molecule has 2 aromatic carbocycles. The number of aromatic amines is 1. The number of benzene rings is 2. The highest BCUT2D eigenvalue weighted by Gasteiger charge is 2.15. The molecule has 0 fully saturated rings. The summed E-state index contributed by atoms with van der Waals surface area (Å²) in [5.74, 6) is -0.688. The van der Waals surface area contributed by atoms with Crippen molar-refractivity contribution in [3.05, 3.63) is 65.1 Å². The SMILES string of the molecule is Cc1c(C(=O)Nc2cccc(C#N)c2)[nH]c2cc(F)ccc12. The minimum atomic E-state index is -0.359. The van der Waals surface area contributed by atoms with E-state index in [4.69, 9.17) is 5.26 Å². The first kappa shape index (κ1) is 13.8. The van der Waals surface area contributed by atoms with Gasteiger partial charge >= 0.3 is 0 Å². The number of rotatable bonds is 2. The van der Waals surface area contributed by atoms with Crippen LogP contribution in [0.3, 0.4) is 0 Å². The number of nitrogens with zero attached hydrogens (tertiary/aromatic N) is 1. The number of aryl methyl sites for hydroxylation is 1. The molecule has 0 aliphatic heterocycles. The van der Waals surface area contributed by atoms with Crippen LogP contribution in [0.4, 0.5) is 10.1 Å². The number of halogens is 1. The molecule has 0 saturated heterocycles. The highest BCUT2D eigenvalue weighted by atomic mass is 19.1. The van der Waals surface area contributed by atoms with Gasteiger partial charge in [0.15, 0.2) is 0 Å². The molecule has 3 aromatic rings. The predicted octanol–water partition coefficient (Wildman–Crippen LogP) is 3.74. The van der Waals surface area contributed by atoms with Crippen molar-refractivity contribution in [3.63, 3.8) is 0 Å². The fourth-order valence-electron chi connectivity index (χ4n) is 2.40. The molecule has 0 atom stereocenters. The molecular formula is C17H12FN3O. The van der Waals surface area contributed by atoms with E-state index in [2.05, 4.69) is 10.3 Å². The summed E-state index contributed by atoms with van der Waals surface area (Å²) in [5, 5.41) is 12.4. The standard InChI is InChI=1S/C17H12FN3O/c1-10-14-6-5-12(18)8-15(14)21-16(10)17(22)20-13-4-2-3-11(7-13)9-19/h2-8,21H,1H3,(H,20,22). The Morgan fingerprint density at radius 2 is 2.09 bits per heavy atom. The van der Waals surface area contributed by atoms with E-state index in [9.17, 15) is 9.18 Å². The summed E-state index contributed by atoms with van der Waals surface area (Å²) in [7, 11) is 0. The summed E-state index contributed by atoms with van der Waals surface area (Å²) in [6.45, 7) is 1.80. The molecule has 108 valence electrons. The van der Waals surface area contributed by atoms with Crippen molar-refractivity contribution in [2.75, 3.05) is 5.32 Å². The summed E-state index contributed by atoms with van der Waals surface area (Å²) < 4.78 is 13.3. The average molecular weight is 293 g/mol. The normalized spacial score (nSPS) is 10.4. The van der Waals surface area contributed by atoms with Crippen LogP contribution >= 0.6 is 0 Å². The van der Waals surface area contributed by atoms with Crippen LogP contribution < -0.4 is 5.32 Å². The van der Waals surface area contributed by atoms with E-state index in [1.807, 2.05) is 6.07 Å². The second-order valence-electron chi connectivity index (χ2n) is 4.96. The number of carbonyl (C=O) groups is 1. The molecule has 0 spiro atoms. The van der Waals surface area contributed by atoms with Crippen molar-refractivity contribution in [3.8, 4) is 6.07 Å². The van der Waals surface area contributed by atoms with E-state index in [0.29, 0.717) is 22.5 Å². The Hall–Kier alpha value is -3.13. The number of H-pyrrole nitrogens is 1. The zero-order valence-corrected chi connectivity index (χ0v) is 11.8. The van der Waals surface area contributed by atoms with Crippen molar-refractivity contribution in [1.29, 1.82) is 5.26 Å². The van der Waals surface area contributed by atoms with Crippen LogP contribution in [0.15, 0.2) is 42.5 Å². The van der Waals surface area contributed by atoms with Crippen molar-refractivity contribution < 1.29 is 9.18 Å². The number of anilines is 1. The summed E-state index contributed by atoms with van der Waals surface area (Å²) in [6, 6.07) is 13.0. The maximum absolute atomic E-state index is 13.3. The van der Waals surface area contributed by atoms with Gasteiger partial charge in [0, 0.05) is 16.6 Å². The number of hydrogen-bond donors (Lipinski definition) is 2. The topological polar surface area (TPSA) is 68.7 Å². The highest BCUT2D eigenvalue weighted by molar-refractivity contribution is 6.07. The first-order valence-electron chi connectivity index (χ1n) is 6.68. The monoisotopic (exact) mass is 293 g/mol. The Kier molecular flexibility index (Phi) is 3.36. The van der Waals surface area contributed by atoms with Gasteiger partial charge in [0.05, 0.1) is 11.6 Å². The molecule has 22 heavy (non-hydrogen) atoms. The predicted molar refractivity (Wildman–Crippen MR) is 82.1 cm³/mol. The van der Waals surface area contributed by atoms with Crippen LogP contribution in [0.5, 0.6) is 0 Å². The Balaban J connectivity index is 1.95. The van der Waals surface area contributed by atoms with Gasteiger partial charge in [-0.3, -0.25) is 4.79 Å². The molecule has 0 aliphatic carbocycles. The smallest absolute Gasteiger partial charge is 0.272 e. The van der Waals surface area contributed by atoms with Crippen molar-refractivity contribution >= 4 is 22.5 Å². The van der Waals surface area contributed by atoms with Crippen molar-refractivity contribution in [2.24, 2.45) is 0 Å². The number of fused-ring (bicyclic) bond motifs is 1. The maximum atomic E-state index is 13.3. The molecule has 1 amide bonds. The van der Waals surface area contributed by atoms with Gasteiger partial charge in [0.25, 0.3) is 5.91 Å². The second-order valence-corrected chi connectivity index (χ2v) is 4.96. The molecule has 2 N–H and O–H groups in total. The van der Waals surface area contributed by atoms with Gasteiger partial charge in [-0.2, -0.15) is 5.26 Å². The lowest BCUT2D eigenvalue weighted by molar-refractivity contribution is 0.102. The Morgan fingerprint density at radius 1 is 1.27 bits per heavy atom. The fraction of sp³-hybridized carbons (Fsp3) is 0.0588. The van der Waals surface area contributed by atoms with E-state index < -0.39 is 0 Å². The summed E-state index contributed by atoms with van der Waals surface area (Å²) in [5.41, 5.74) is 2.71. The summed E-state index contributed by atoms with van der Waals surface area (Å²) in [4.78, 5) is 15.3. The third-order valence-corrected chi connectivity index (χ3v) is 3.50. The molecular weight excluding hydrogens is 281 g/mol. The molecule has 0 bridgehead atoms. The van der Waals surface area contributed by atoms with Gasteiger partial charge < -0.3 is 10.3 Å². The first-order valence-corrected chi connectivity index (χ1v) is 6.68. The number of aromatic nitrogens is 1. The number of amides is 1. The number of nitrogens with one attached hydrogen (secondary N) is 2. The van der Waals surface area contributed by atoms with Gasteiger partial charge in [-0.1, -0.05) is 6.07 Å². The summed E-state index contributed by atoms with van der Waals surface area (Å²) in [6.07, 6.45) is 0. The molecule has 5 heteroatoms. The number of nitriles is 1. The van der Waals surface area contributed by atoms with E-state index >= 15 is 0 Å². The molecule has 4 nitrogen and oxygen atoms in total. The van der Waals surface area contributed by atoms with Gasteiger partial charge in [-0.25, -0.2) is 4.39 Å². The summed E-state index contributed by atoms with van der Waals surface area (Å²) >= 11 is 0. The van der Waals surface area contributed by atoms with E-state index in [-0.39, 0.29) is 11.7 Å². The minimum Gasteiger partial charge on any atom is -0.350 e. The first-order chi connectivity index (χ1) is 10.6. The van der Waals surface area contributed by atoms with Gasteiger partial charge in [-0.15, -0.1) is 0 Å². The van der Waals surface area contributed by atoms with Crippen LogP contribution in [0.2, 0.25) is 0 Å². The maximum Gasteiger partial charge on any atom is 0.272 e. The quantitative estimate of drug-likeness (QED) is 0.755. The van der Waals surface area contributed by atoms with Crippen LogP contribution in [-0.2, 0) is 0 Å². The molecule has 0 radical (unpaired) electrons. The Bertz CT molecular complexity index is 921. The van der Waals surface area contributed by atoms with Crippen molar-refractivity contribution in [1.82, 2.24) is 4.98 Å². The lowest BCUT2D eigenvalue weighted by atomic mass is 10.1. The Labute approximate surface area is 126 Å². The van der Waals surface area contributed by atoms with Gasteiger partial charge in [0.1, 0.15) is 11.5 Å². The molecule has 0 unspecified atom stereocenters. The number of hydrogen-bond acceptors (Lipinski definition) is 2. The third-order valence-electron chi connectivity index (χ3n) is 3.50. The van der Waals surface area contributed by atoms with Crippen LogP contribution in [0.25, 0.3) is 10.9 Å². The molecule has 1 aromatic heterocycles. The lowest BCUT2D eigenvalue weighted by Gasteiger charge is -2.05. The van der Waals surface area contributed by atoms with Gasteiger partial charge in [-0.05, 0) is 48.9 Å². The zero-order valence-electron chi connectivity index (χ0n) is 11.8. The van der Waals surface area contributed by atoms with E-state index in [1.165, 1.54) is 12.1 Å². The lowest BCUT2D eigenvalue weighted by Crippen LogP contribution is -2.13. The second kappa shape index (κ2) is 5.34. The fourth-order valence-corrected chi connectivity index (χ4v) is 2.40. The van der Waals surface area contributed by atoms with Crippen LogP contribution in [0.1, 0.15) is 21.6 Å². The molecule has 1 heterocycles. The van der Waals surface area contributed by atoms with E-state index in [1.54, 1.807) is 37.3 Å². The number of carbonyl (C=O) groups excluding carboxylic acids is 1. The van der Waals surface area contributed by atoms with Crippen molar-refractivity contribution in [2.45, 2.75) is 6.92 Å². The highest BCUT2D eigenvalue weighted by Crippen LogP contribution is 2.23. The third kappa shape index (κ3) is 2.42. The van der Waals surface area contributed by atoms with Crippen LogP contribution in [0, 0.1) is 24.1 Å². The zero-order chi connectivity index (χ0) is 15.7.